The molecule has 0 saturated carbocycles. The van der Waals surface area contributed by atoms with Gasteiger partial charge >= 0.3 is 0 Å². The van der Waals surface area contributed by atoms with Crippen LogP contribution in [0.15, 0.2) is 41.3 Å². The van der Waals surface area contributed by atoms with Crippen LogP contribution in [0.25, 0.3) is 33.7 Å². The summed E-state index contributed by atoms with van der Waals surface area (Å²) >= 11 is 0. The number of aromatic nitrogens is 5. The van der Waals surface area contributed by atoms with E-state index in [-0.39, 0.29) is 5.82 Å². The predicted molar refractivity (Wildman–Crippen MR) is 92.9 cm³/mol. The van der Waals surface area contributed by atoms with Gasteiger partial charge in [0, 0.05) is 18.3 Å². The van der Waals surface area contributed by atoms with Crippen molar-refractivity contribution >= 4 is 16.9 Å². The Kier molecular flexibility index (Phi) is 3.57. The number of ether oxygens (including phenoxy) is 1. The maximum Gasteiger partial charge on any atom is 0.199 e. The molecule has 0 fully saturated rings. The molecule has 8 heteroatoms. The highest BCUT2D eigenvalue weighted by atomic mass is 16.6. The van der Waals surface area contributed by atoms with Crippen molar-refractivity contribution in [3.05, 3.63) is 36.7 Å². The van der Waals surface area contributed by atoms with Gasteiger partial charge in [-0.2, -0.15) is 0 Å². The molecule has 3 aromatic heterocycles. The molecule has 25 heavy (non-hydrogen) atoms. The van der Waals surface area contributed by atoms with Gasteiger partial charge in [-0.05, 0) is 34.9 Å². The molecule has 0 spiro atoms. The van der Waals surface area contributed by atoms with E-state index in [1.54, 1.807) is 13.3 Å². The average Bonchev–Trinajstić information content (AvgIpc) is 3.24. The summed E-state index contributed by atoms with van der Waals surface area (Å²) in [6, 6.07) is 7.82. The molecule has 0 unspecified atom stereocenters. The Balaban J connectivity index is 1.97. The van der Waals surface area contributed by atoms with E-state index in [1.165, 1.54) is 0 Å². The fraction of sp³-hybridized carbons (Fsp3) is 0.176. The normalized spacial score (nSPS) is 11.1. The molecule has 8 nitrogen and oxygen atoms in total. The number of hydrogen-bond donors (Lipinski definition) is 1. The minimum atomic E-state index is 0.212. The van der Waals surface area contributed by atoms with E-state index in [9.17, 15) is 0 Å². The van der Waals surface area contributed by atoms with Crippen LogP contribution in [0.3, 0.4) is 0 Å². The van der Waals surface area contributed by atoms with Crippen LogP contribution < -0.4 is 10.5 Å². The fourth-order valence-electron chi connectivity index (χ4n) is 2.91. The first-order chi connectivity index (χ1) is 12.2. The number of aryl methyl sites for hydroxylation is 1. The highest BCUT2D eigenvalue weighted by Crippen LogP contribution is 2.33. The number of nitrogen functional groups attached to an aromatic ring is 1. The van der Waals surface area contributed by atoms with Gasteiger partial charge in [0.2, 0.25) is 0 Å². The van der Waals surface area contributed by atoms with Crippen molar-refractivity contribution < 1.29 is 9.37 Å². The van der Waals surface area contributed by atoms with Crippen molar-refractivity contribution in [2.45, 2.75) is 13.5 Å². The average molecular weight is 336 g/mol. The van der Waals surface area contributed by atoms with Crippen molar-refractivity contribution in [1.29, 1.82) is 0 Å². The van der Waals surface area contributed by atoms with Crippen LogP contribution >= 0.6 is 0 Å². The summed E-state index contributed by atoms with van der Waals surface area (Å²) in [5.41, 5.74) is 9.98. The lowest BCUT2D eigenvalue weighted by Gasteiger charge is -2.09. The molecule has 126 valence electrons. The number of nitrogens with zero attached hydrogens (tertiary/aromatic N) is 5. The van der Waals surface area contributed by atoms with Gasteiger partial charge in [0.1, 0.15) is 11.3 Å². The number of hydrogen-bond acceptors (Lipinski definition) is 7. The zero-order valence-corrected chi connectivity index (χ0v) is 13.8. The lowest BCUT2D eigenvalue weighted by atomic mass is 10.1. The van der Waals surface area contributed by atoms with Gasteiger partial charge in [0.15, 0.2) is 17.3 Å². The van der Waals surface area contributed by atoms with Gasteiger partial charge < -0.3 is 15.0 Å². The first kappa shape index (κ1) is 15.1. The number of anilines is 1. The largest absolute Gasteiger partial charge is 0.497 e. The third-order valence-corrected chi connectivity index (χ3v) is 4.09. The van der Waals surface area contributed by atoms with Gasteiger partial charge in [0.25, 0.3) is 0 Å². The minimum Gasteiger partial charge on any atom is -0.497 e. The van der Waals surface area contributed by atoms with Crippen LogP contribution in [0.2, 0.25) is 0 Å². The molecular weight excluding hydrogens is 320 g/mol. The van der Waals surface area contributed by atoms with Crippen molar-refractivity contribution in [2.24, 2.45) is 0 Å². The molecular formula is C17H16N6O2. The molecule has 0 aliphatic heterocycles. The Labute approximate surface area is 143 Å². The number of benzene rings is 1. The Morgan fingerprint density at radius 3 is 2.60 bits per heavy atom. The van der Waals surface area contributed by atoms with Crippen molar-refractivity contribution in [3.63, 3.8) is 0 Å². The van der Waals surface area contributed by atoms with Crippen molar-refractivity contribution in [1.82, 2.24) is 24.8 Å². The Bertz CT molecular complexity index is 1040. The zero-order chi connectivity index (χ0) is 17.4. The number of fused-ring (bicyclic) bond motifs is 1. The molecule has 0 bridgehead atoms. The molecule has 2 N–H and O–H groups in total. The maximum atomic E-state index is 5.85. The Morgan fingerprint density at radius 1 is 1.16 bits per heavy atom. The molecule has 3 heterocycles. The Morgan fingerprint density at radius 2 is 1.96 bits per heavy atom. The van der Waals surface area contributed by atoms with E-state index in [4.69, 9.17) is 15.1 Å². The number of methoxy groups -OCH3 is 1. The second kappa shape index (κ2) is 5.90. The summed E-state index contributed by atoms with van der Waals surface area (Å²) in [5.74, 6) is 1.62. The van der Waals surface area contributed by atoms with E-state index in [2.05, 4.69) is 20.3 Å². The van der Waals surface area contributed by atoms with Gasteiger partial charge in [-0.1, -0.05) is 12.1 Å². The van der Waals surface area contributed by atoms with Crippen molar-refractivity contribution in [2.75, 3.05) is 12.8 Å². The van der Waals surface area contributed by atoms with Crippen LogP contribution in [-0.2, 0) is 6.54 Å². The van der Waals surface area contributed by atoms with E-state index in [1.807, 2.05) is 42.0 Å². The quantitative estimate of drug-likeness (QED) is 0.611. The minimum absolute atomic E-state index is 0.212. The van der Waals surface area contributed by atoms with Crippen LogP contribution in [0, 0.1) is 0 Å². The van der Waals surface area contributed by atoms with Crippen LogP contribution in [0.1, 0.15) is 6.92 Å². The molecule has 0 radical (unpaired) electrons. The van der Waals surface area contributed by atoms with E-state index in [0.29, 0.717) is 18.1 Å². The summed E-state index contributed by atoms with van der Waals surface area (Å²) in [4.78, 5) is 8.97. The zero-order valence-electron chi connectivity index (χ0n) is 13.8. The molecule has 0 aliphatic rings. The molecule has 0 amide bonds. The number of rotatable bonds is 4. The fourth-order valence-corrected chi connectivity index (χ4v) is 2.91. The summed E-state index contributed by atoms with van der Waals surface area (Å²) in [5, 5.41) is 7.53. The predicted octanol–water partition coefficient (Wildman–Crippen LogP) is 2.76. The Hall–Kier alpha value is -3.42. The topological polar surface area (TPSA) is 105 Å². The summed E-state index contributed by atoms with van der Waals surface area (Å²) in [6.07, 6.45) is 3.55. The summed E-state index contributed by atoms with van der Waals surface area (Å²) < 4.78 is 12.0. The standard InChI is InChI=1S/C17H16N6O2/c1-3-23-15-12(10-4-6-11(24-2)7-5-10)8-19-9-13(15)20-17(23)14-16(18)22-25-21-14/h4-9H,3H2,1-2H3,(H2,18,22). The van der Waals surface area contributed by atoms with Gasteiger partial charge in [-0.25, -0.2) is 9.61 Å². The summed E-state index contributed by atoms with van der Waals surface area (Å²) in [6.45, 7) is 2.72. The highest BCUT2D eigenvalue weighted by Gasteiger charge is 2.20. The van der Waals surface area contributed by atoms with Crippen molar-refractivity contribution in [3.8, 4) is 28.4 Å². The molecule has 0 aliphatic carbocycles. The highest BCUT2D eigenvalue weighted by molar-refractivity contribution is 5.94. The molecule has 0 saturated heterocycles. The van der Waals surface area contributed by atoms with Gasteiger partial charge in [-0.3, -0.25) is 4.98 Å². The second-order valence-corrected chi connectivity index (χ2v) is 5.46. The molecule has 0 atom stereocenters. The first-order valence-corrected chi connectivity index (χ1v) is 7.80. The maximum absolute atomic E-state index is 5.85. The van der Waals surface area contributed by atoms with Gasteiger partial charge in [-0.15, -0.1) is 0 Å². The van der Waals surface area contributed by atoms with Crippen LogP contribution in [0.4, 0.5) is 5.82 Å². The smallest absolute Gasteiger partial charge is 0.199 e. The SMILES string of the molecule is CCn1c(-c2nonc2N)nc2cncc(-c3ccc(OC)cc3)c21. The molecule has 1 aromatic carbocycles. The number of nitrogens with two attached hydrogens (primary N) is 1. The summed E-state index contributed by atoms with van der Waals surface area (Å²) in [7, 11) is 1.64. The second-order valence-electron chi connectivity index (χ2n) is 5.46. The van der Waals surface area contributed by atoms with Gasteiger partial charge in [0.05, 0.1) is 18.8 Å². The third kappa shape index (κ3) is 2.38. The van der Waals surface area contributed by atoms with Crippen LogP contribution in [-0.4, -0.2) is 32.0 Å². The first-order valence-electron chi connectivity index (χ1n) is 7.80. The molecule has 4 rings (SSSR count). The monoisotopic (exact) mass is 336 g/mol. The number of imidazole rings is 1. The molecule has 4 aromatic rings. The lowest BCUT2D eigenvalue weighted by Crippen LogP contribution is -2.01. The van der Waals surface area contributed by atoms with E-state index >= 15 is 0 Å². The third-order valence-electron chi connectivity index (χ3n) is 4.09. The van der Waals surface area contributed by atoms with Crippen LogP contribution in [0.5, 0.6) is 5.75 Å². The van der Waals surface area contributed by atoms with E-state index in [0.717, 1.165) is 27.9 Å². The number of pyridine rings is 1. The lowest BCUT2D eigenvalue weighted by molar-refractivity contribution is 0.310. The van der Waals surface area contributed by atoms with E-state index < -0.39 is 0 Å².